The molecule has 1 aliphatic heterocycles. The zero-order chi connectivity index (χ0) is 31.6. The van der Waals surface area contributed by atoms with Gasteiger partial charge in [-0.3, -0.25) is 0 Å². The lowest BCUT2D eigenvalue weighted by Crippen LogP contribution is -2.30. The highest BCUT2D eigenvalue weighted by molar-refractivity contribution is 4.84. The number of nitrogens with zero attached hydrogens (tertiary/aromatic N) is 1. The summed E-state index contributed by atoms with van der Waals surface area (Å²) in [6, 6.07) is 0. The molecule has 3 heteroatoms. The smallest absolute Gasteiger partial charge is 0.0975 e. The fourth-order valence-corrected chi connectivity index (χ4v) is 7.01. The predicted molar refractivity (Wildman–Crippen MR) is 196 cm³/mol. The summed E-state index contributed by atoms with van der Waals surface area (Å²) in [5, 5.41) is 0. The first-order chi connectivity index (χ1) is 21.8. The lowest BCUT2D eigenvalue weighted by atomic mass is 10.0. The highest BCUT2D eigenvalue weighted by Crippen LogP contribution is 2.19. The number of likely N-dealkylation sites (N-methyl/N-ethyl adjacent to an activating group) is 1. The Balaban J connectivity index is 1.83. The lowest BCUT2D eigenvalue weighted by Gasteiger charge is -2.20. The van der Waals surface area contributed by atoms with E-state index in [0.717, 1.165) is 26.3 Å². The molecule has 0 saturated carbocycles. The van der Waals surface area contributed by atoms with Gasteiger partial charge in [0.2, 0.25) is 0 Å². The molecule has 3 nitrogen and oxygen atoms in total. The third kappa shape index (κ3) is 28.1. The standard InChI is InChI=1S/C41H83NO2/c1-4-6-8-10-12-14-16-18-20-22-24-26-28-30-32-34-36-43-40-38-42(3)39-41(40)44-37-35-33-31-29-27-25-23-21-19-17-15-13-11-9-7-5-2/h40-41H,4-39H2,1-3H3/t40-,41?/m1/s1. The van der Waals surface area contributed by atoms with Crippen LogP contribution in [0.5, 0.6) is 0 Å². The minimum atomic E-state index is 0.275. The number of ether oxygens (including phenoxy) is 2. The molecule has 2 atom stereocenters. The quantitative estimate of drug-likeness (QED) is 0.0650. The van der Waals surface area contributed by atoms with Crippen molar-refractivity contribution in [2.75, 3.05) is 33.4 Å². The molecule has 1 rings (SSSR count). The summed E-state index contributed by atoms with van der Waals surface area (Å²) in [6.07, 6.45) is 45.9. The van der Waals surface area contributed by atoms with Crippen LogP contribution < -0.4 is 0 Å². The van der Waals surface area contributed by atoms with Crippen LogP contribution in [0, 0.1) is 0 Å². The van der Waals surface area contributed by atoms with Crippen molar-refractivity contribution in [3.05, 3.63) is 0 Å². The summed E-state index contributed by atoms with van der Waals surface area (Å²) in [4.78, 5) is 2.39. The Morgan fingerprint density at radius 2 is 0.545 bits per heavy atom. The van der Waals surface area contributed by atoms with Gasteiger partial charge in [0.25, 0.3) is 0 Å². The lowest BCUT2D eigenvalue weighted by molar-refractivity contribution is -0.0481. The Labute approximate surface area is 278 Å². The number of hydrogen-bond donors (Lipinski definition) is 0. The zero-order valence-electron chi connectivity index (χ0n) is 30.9. The molecule has 1 fully saturated rings. The van der Waals surface area contributed by atoms with Crippen molar-refractivity contribution >= 4 is 0 Å². The van der Waals surface area contributed by atoms with Crippen molar-refractivity contribution in [1.29, 1.82) is 0 Å². The fraction of sp³-hybridized carbons (Fsp3) is 1.00. The molecule has 1 heterocycles. The van der Waals surface area contributed by atoms with Crippen molar-refractivity contribution in [2.45, 2.75) is 232 Å². The Bertz CT molecular complexity index is 495. The second kappa shape index (κ2) is 34.2. The van der Waals surface area contributed by atoms with Gasteiger partial charge in [0.05, 0.1) is 12.2 Å². The van der Waals surface area contributed by atoms with Crippen LogP contribution in [0.4, 0.5) is 0 Å². The first kappa shape index (κ1) is 41.9. The van der Waals surface area contributed by atoms with Crippen molar-refractivity contribution < 1.29 is 9.47 Å². The average Bonchev–Trinajstić information content (AvgIpc) is 3.38. The first-order valence-corrected chi connectivity index (χ1v) is 20.7. The highest BCUT2D eigenvalue weighted by atomic mass is 16.5. The van der Waals surface area contributed by atoms with Gasteiger partial charge in [0, 0.05) is 26.3 Å². The van der Waals surface area contributed by atoms with Gasteiger partial charge in [0.1, 0.15) is 0 Å². The minimum absolute atomic E-state index is 0.275. The van der Waals surface area contributed by atoms with Crippen LogP contribution in [0.15, 0.2) is 0 Å². The van der Waals surface area contributed by atoms with E-state index in [0.29, 0.717) is 0 Å². The third-order valence-corrected chi connectivity index (χ3v) is 10.1. The summed E-state index contributed by atoms with van der Waals surface area (Å²) >= 11 is 0. The minimum Gasteiger partial charge on any atom is -0.374 e. The van der Waals surface area contributed by atoms with Crippen LogP contribution in [0.1, 0.15) is 219 Å². The molecule has 0 radical (unpaired) electrons. The zero-order valence-corrected chi connectivity index (χ0v) is 30.9. The van der Waals surface area contributed by atoms with E-state index in [4.69, 9.17) is 9.47 Å². The fourth-order valence-electron chi connectivity index (χ4n) is 7.01. The molecule has 0 aromatic carbocycles. The molecule has 0 N–H and O–H groups in total. The van der Waals surface area contributed by atoms with Gasteiger partial charge in [-0.1, -0.05) is 206 Å². The molecule has 0 bridgehead atoms. The molecule has 1 saturated heterocycles. The van der Waals surface area contributed by atoms with Crippen LogP contribution in [-0.2, 0) is 9.47 Å². The molecular formula is C41H83NO2. The summed E-state index contributed by atoms with van der Waals surface area (Å²) in [5.74, 6) is 0. The van der Waals surface area contributed by atoms with Gasteiger partial charge >= 0.3 is 0 Å². The van der Waals surface area contributed by atoms with Crippen molar-refractivity contribution in [3.63, 3.8) is 0 Å². The van der Waals surface area contributed by atoms with Gasteiger partial charge < -0.3 is 14.4 Å². The van der Waals surface area contributed by atoms with Gasteiger partial charge in [0.15, 0.2) is 0 Å². The van der Waals surface area contributed by atoms with Gasteiger partial charge in [-0.25, -0.2) is 0 Å². The SMILES string of the molecule is CCCCCCCCCCCCCCCCCCOC1CN(C)C[C@H]1OCCCCCCCCCCCCCCCCCC. The molecule has 1 aliphatic rings. The summed E-state index contributed by atoms with van der Waals surface area (Å²) < 4.78 is 12.6. The van der Waals surface area contributed by atoms with Gasteiger partial charge in [-0.05, 0) is 19.9 Å². The second-order valence-corrected chi connectivity index (χ2v) is 14.6. The maximum Gasteiger partial charge on any atom is 0.0975 e. The van der Waals surface area contributed by atoms with Crippen LogP contribution in [0.3, 0.4) is 0 Å². The average molecular weight is 622 g/mol. The normalized spacial score (nSPS) is 17.2. The van der Waals surface area contributed by atoms with E-state index < -0.39 is 0 Å². The number of rotatable bonds is 36. The third-order valence-electron chi connectivity index (χ3n) is 10.1. The van der Waals surface area contributed by atoms with E-state index in [2.05, 4.69) is 25.8 Å². The molecule has 0 spiro atoms. The van der Waals surface area contributed by atoms with E-state index in [9.17, 15) is 0 Å². The van der Waals surface area contributed by atoms with Crippen LogP contribution >= 0.6 is 0 Å². The largest absolute Gasteiger partial charge is 0.374 e. The molecule has 0 aromatic rings. The predicted octanol–water partition coefficient (Wildman–Crippen LogP) is 13.2. The van der Waals surface area contributed by atoms with Gasteiger partial charge in [-0.15, -0.1) is 0 Å². The molecule has 0 amide bonds. The first-order valence-electron chi connectivity index (χ1n) is 20.7. The summed E-state index contributed by atoms with van der Waals surface area (Å²) in [5.41, 5.74) is 0. The topological polar surface area (TPSA) is 21.7 Å². The maximum absolute atomic E-state index is 6.32. The Morgan fingerprint density at radius 3 is 0.773 bits per heavy atom. The molecule has 0 aliphatic carbocycles. The van der Waals surface area contributed by atoms with Crippen LogP contribution in [0.2, 0.25) is 0 Å². The monoisotopic (exact) mass is 622 g/mol. The summed E-state index contributed by atoms with van der Waals surface area (Å²) in [7, 11) is 2.21. The molecular weight excluding hydrogens is 538 g/mol. The van der Waals surface area contributed by atoms with E-state index in [1.54, 1.807) is 0 Å². The number of unbranched alkanes of at least 4 members (excludes halogenated alkanes) is 30. The van der Waals surface area contributed by atoms with Crippen LogP contribution in [0.25, 0.3) is 0 Å². The Kier molecular flexibility index (Phi) is 32.6. The molecule has 264 valence electrons. The van der Waals surface area contributed by atoms with Crippen LogP contribution in [-0.4, -0.2) is 50.5 Å². The summed E-state index contributed by atoms with van der Waals surface area (Å²) in [6.45, 7) is 8.49. The van der Waals surface area contributed by atoms with Crippen molar-refractivity contribution in [1.82, 2.24) is 4.90 Å². The number of likely N-dealkylation sites (tertiary alicyclic amines) is 1. The Hall–Kier alpha value is -0.120. The van der Waals surface area contributed by atoms with Crippen molar-refractivity contribution in [2.24, 2.45) is 0 Å². The maximum atomic E-state index is 6.32. The molecule has 1 unspecified atom stereocenters. The van der Waals surface area contributed by atoms with E-state index in [1.165, 1.54) is 205 Å². The molecule has 44 heavy (non-hydrogen) atoms. The molecule has 0 aromatic heterocycles. The van der Waals surface area contributed by atoms with E-state index >= 15 is 0 Å². The second-order valence-electron chi connectivity index (χ2n) is 14.6. The van der Waals surface area contributed by atoms with E-state index in [-0.39, 0.29) is 12.2 Å². The Morgan fingerprint density at radius 1 is 0.341 bits per heavy atom. The van der Waals surface area contributed by atoms with Gasteiger partial charge in [-0.2, -0.15) is 0 Å². The highest BCUT2D eigenvalue weighted by Gasteiger charge is 2.32. The number of hydrogen-bond acceptors (Lipinski definition) is 3. The van der Waals surface area contributed by atoms with Crippen molar-refractivity contribution in [3.8, 4) is 0 Å². The van der Waals surface area contributed by atoms with E-state index in [1.807, 2.05) is 0 Å².